The molecular weight excluding hydrogens is 839 g/mol. The Morgan fingerprint density at radius 2 is 0.719 bits per heavy atom. The van der Waals surface area contributed by atoms with E-state index in [0.717, 1.165) is 89.9 Å². The smallest absolute Gasteiger partial charge is 0.281 e. The number of unbranched alkanes of at least 4 members (excludes halogenated alkanes) is 15. The molecule has 0 aliphatic heterocycles. The van der Waals surface area contributed by atoms with E-state index in [1.54, 1.807) is 5.01 Å². The minimum Gasteiger partial charge on any atom is -0.281 e. The first-order chi connectivity index (χ1) is 25.9. The van der Waals surface area contributed by atoms with Crippen LogP contribution in [0.3, 0.4) is 0 Å². The van der Waals surface area contributed by atoms with Gasteiger partial charge in [-0.3, -0.25) is 4.55 Å². The van der Waals surface area contributed by atoms with Gasteiger partial charge in [0.05, 0.1) is 0 Å². The summed E-state index contributed by atoms with van der Waals surface area (Å²) in [5.41, 5.74) is 0. The van der Waals surface area contributed by atoms with Crippen molar-refractivity contribution < 1.29 is 87.6 Å². The van der Waals surface area contributed by atoms with E-state index in [1.807, 2.05) is 20.8 Å². The topological polar surface area (TPSA) is 60.9 Å². The molecule has 0 heterocycles. The number of alkyl halides is 17. The van der Waals surface area contributed by atoms with Crippen LogP contribution < -0.4 is 0 Å². The van der Waals surface area contributed by atoms with E-state index >= 15 is 0 Å². The van der Waals surface area contributed by atoms with Crippen molar-refractivity contribution in [1.82, 2.24) is 10.0 Å². The minimum absolute atomic E-state index is 0.0537. The highest BCUT2D eigenvalue weighted by Crippen LogP contribution is 2.60. The quantitative estimate of drug-likeness (QED) is 0.0325. The Hall–Kier alpha value is -1.36. The standard InChI is InChI=1S/C32H55F13N2.C2H2F4O3S/c1-4-7-10-13-16-19-23-46(24-20-17-14-11-8-5-2)47(25-21-18-15-12-9-6-3)26-22-27(33,34)28(35,36)29(37,38)30(39,40)31(41,42)32(43,44)45;3-1(4)2(5,6)10(7,8)9/h4-26H2,1-3H3;1H,(H,7,8,9). The Morgan fingerprint density at radius 3 is 0.982 bits per heavy atom. The minimum atomic E-state index is -7.87. The van der Waals surface area contributed by atoms with Gasteiger partial charge in [0, 0.05) is 32.6 Å². The molecule has 0 rings (SSSR count). The number of hydrazine groups is 1. The molecule has 346 valence electrons. The van der Waals surface area contributed by atoms with Gasteiger partial charge in [-0.1, -0.05) is 117 Å². The molecule has 0 saturated heterocycles. The Morgan fingerprint density at radius 1 is 0.439 bits per heavy atom. The molecule has 0 amide bonds. The van der Waals surface area contributed by atoms with Crippen LogP contribution in [0.4, 0.5) is 74.6 Å². The maximum atomic E-state index is 14.8. The van der Waals surface area contributed by atoms with Crippen LogP contribution in [0.15, 0.2) is 0 Å². The van der Waals surface area contributed by atoms with Crippen LogP contribution in [0.5, 0.6) is 0 Å². The zero-order chi connectivity index (χ0) is 45.0. The Bertz CT molecular complexity index is 1160. The summed E-state index contributed by atoms with van der Waals surface area (Å²) in [5, 5.41) is -2.40. The third-order valence-electron chi connectivity index (χ3n) is 8.99. The maximum Gasteiger partial charge on any atom is 0.460 e. The Balaban J connectivity index is 0. The van der Waals surface area contributed by atoms with E-state index in [9.17, 15) is 83.1 Å². The van der Waals surface area contributed by atoms with E-state index in [0.29, 0.717) is 38.8 Å². The molecule has 0 atom stereocenters. The second-order valence-electron chi connectivity index (χ2n) is 13.8. The van der Waals surface area contributed by atoms with Crippen LogP contribution in [0, 0.1) is 0 Å². The highest BCUT2D eigenvalue weighted by molar-refractivity contribution is 7.86. The molecule has 0 radical (unpaired) electrons. The van der Waals surface area contributed by atoms with Gasteiger partial charge in [0.15, 0.2) is 0 Å². The zero-order valence-corrected chi connectivity index (χ0v) is 33.1. The summed E-state index contributed by atoms with van der Waals surface area (Å²) in [7, 11) is -5.98. The van der Waals surface area contributed by atoms with Gasteiger partial charge in [0.25, 0.3) is 0 Å². The highest BCUT2D eigenvalue weighted by Gasteiger charge is 2.90. The third kappa shape index (κ3) is 17.6. The molecule has 0 aliphatic rings. The fourth-order valence-electron chi connectivity index (χ4n) is 5.35. The molecule has 0 aromatic carbocycles. The van der Waals surface area contributed by atoms with Gasteiger partial charge in [0.2, 0.25) is 0 Å². The van der Waals surface area contributed by atoms with Crippen LogP contribution >= 0.6 is 0 Å². The monoisotopic (exact) mass is 896 g/mol. The van der Waals surface area contributed by atoms with E-state index in [1.165, 1.54) is 5.01 Å². The molecule has 0 aliphatic carbocycles. The summed E-state index contributed by atoms with van der Waals surface area (Å²) in [4.78, 5) is 0. The molecule has 57 heavy (non-hydrogen) atoms. The van der Waals surface area contributed by atoms with Crippen molar-refractivity contribution in [2.24, 2.45) is 0 Å². The fourth-order valence-corrected chi connectivity index (χ4v) is 5.58. The van der Waals surface area contributed by atoms with Gasteiger partial charge < -0.3 is 0 Å². The van der Waals surface area contributed by atoms with Crippen LogP contribution in [0.1, 0.15) is 143 Å². The molecular formula is C34H57F17N2O3S. The normalized spacial score (nSPS) is 14.2. The number of rotatable bonds is 31. The van der Waals surface area contributed by atoms with E-state index in [4.69, 9.17) is 4.55 Å². The van der Waals surface area contributed by atoms with E-state index in [2.05, 4.69) is 0 Å². The van der Waals surface area contributed by atoms with Crippen molar-refractivity contribution in [1.29, 1.82) is 0 Å². The van der Waals surface area contributed by atoms with Gasteiger partial charge in [0.1, 0.15) is 0 Å². The first-order valence-electron chi connectivity index (χ1n) is 19.0. The predicted octanol–water partition coefficient (Wildman–Crippen LogP) is 13.4. The van der Waals surface area contributed by atoms with Crippen LogP contribution in [-0.2, 0) is 10.1 Å². The molecule has 0 aromatic rings. The summed E-state index contributed by atoms with van der Waals surface area (Å²) < 4.78 is 250. The fraction of sp³-hybridized carbons (Fsp3) is 1.00. The lowest BCUT2D eigenvalue weighted by molar-refractivity contribution is -0.440. The first-order valence-corrected chi connectivity index (χ1v) is 20.4. The first kappa shape index (κ1) is 57.7. The second kappa shape index (κ2) is 25.4. The van der Waals surface area contributed by atoms with Gasteiger partial charge in [-0.25, -0.2) is 18.8 Å². The number of hydrogen-bond donors (Lipinski definition) is 1. The van der Waals surface area contributed by atoms with Crippen LogP contribution in [-0.4, -0.2) is 96.6 Å². The summed E-state index contributed by atoms with van der Waals surface area (Å²) in [6, 6.07) is 0. The summed E-state index contributed by atoms with van der Waals surface area (Å²) in [5.74, 6) is -36.6. The molecule has 0 aromatic heterocycles. The van der Waals surface area contributed by atoms with Crippen LogP contribution in [0.25, 0.3) is 0 Å². The van der Waals surface area contributed by atoms with Gasteiger partial charge in [-0.05, 0) is 19.3 Å². The Kier molecular flexibility index (Phi) is 25.7. The molecule has 23 heteroatoms. The van der Waals surface area contributed by atoms with Crippen molar-refractivity contribution in [3.8, 4) is 0 Å². The lowest BCUT2D eigenvalue weighted by Crippen LogP contribution is -2.70. The molecule has 0 spiro atoms. The van der Waals surface area contributed by atoms with Crippen molar-refractivity contribution in [2.45, 2.75) is 190 Å². The third-order valence-corrected chi connectivity index (χ3v) is 9.86. The van der Waals surface area contributed by atoms with E-state index in [-0.39, 0.29) is 6.54 Å². The lowest BCUT2D eigenvalue weighted by atomic mass is 9.92. The molecule has 5 nitrogen and oxygen atoms in total. The van der Waals surface area contributed by atoms with Gasteiger partial charge in [-0.15, -0.1) is 0 Å². The number of halogens is 17. The zero-order valence-electron chi connectivity index (χ0n) is 32.3. The summed E-state index contributed by atoms with van der Waals surface area (Å²) in [6.07, 6.45) is 1.23. The average molecular weight is 897 g/mol. The van der Waals surface area contributed by atoms with Crippen molar-refractivity contribution in [2.75, 3.05) is 26.2 Å². The SMILES string of the molecule is CCCCCCCCN(CCCCCCCC)N(CCCCCCCC)CCC(F)(F)C(F)(F)C(F)(F)C(F)(F)C(F)(F)C(F)(F)F.O=S(=O)(O)C(F)(F)C(F)F. The average Bonchev–Trinajstić information content (AvgIpc) is 3.08. The molecule has 0 fully saturated rings. The van der Waals surface area contributed by atoms with Gasteiger partial charge >= 0.3 is 57.6 Å². The van der Waals surface area contributed by atoms with E-state index < -0.39 is 70.6 Å². The molecule has 1 N–H and O–H groups in total. The number of hydrogen-bond acceptors (Lipinski definition) is 4. The van der Waals surface area contributed by atoms with Crippen molar-refractivity contribution >= 4 is 10.1 Å². The van der Waals surface area contributed by atoms with Crippen LogP contribution in [0.2, 0.25) is 0 Å². The lowest BCUT2D eigenvalue weighted by Gasteiger charge is -2.41. The molecule has 0 saturated carbocycles. The van der Waals surface area contributed by atoms with Crippen molar-refractivity contribution in [3.05, 3.63) is 0 Å². The predicted molar refractivity (Wildman–Crippen MR) is 181 cm³/mol. The Labute approximate surface area is 324 Å². The molecule has 0 bridgehead atoms. The maximum absolute atomic E-state index is 14.8. The second-order valence-corrected chi connectivity index (χ2v) is 15.3. The summed E-state index contributed by atoms with van der Waals surface area (Å²) in [6.45, 7) is 5.76. The van der Waals surface area contributed by atoms with Gasteiger partial charge in [-0.2, -0.15) is 74.3 Å². The summed E-state index contributed by atoms with van der Waals surface area (Å²) >= 11 is 0. The van der Waals surface area contributed by atoms with Crippen molar-refractivity contribution in [3.63, 3.8) is 0 Å². The molecule has 0 unspecified atom stereocenters. The largest absolute Gasteiger partial charge is 0.460 e. The number of nitrogens with zero attached hydrogens (tertiary/aromatic N) is 2. The highest BCUT2D eigenvalue weighted by atomic mass is 32.2.